The van der Waals surface area contributed by atoms with Gasteiger partial charge in [0.15, 0.2) is 0 Å². The lowest BCUT2D eigenvalue weighted by Gasteiger charge is -2.30. The molecule has 3 rings (SSSR count). The molecule has 1 aromatic carbocycles. The van der Waals surface area contributed by atoms with Crippen LogP contribution < -0.4 is 10.6 Å². The van der Waals surface area contributed by atoms with Gasteiger partial charge in [0.05, 0.1) is 10.6 Å². The first kappa shape index (κ1) is 24.0. The van der Waals surface area contributed by atoms with Crippen molar-refractivity contribution in [3.8, 4) is 5.75 Å². The minimum Gasteiger partial charge on any atom is -0.506 e. The lowest BCUT2D eigenvalue weighted by atomic mass is 9.82. The molecule has 1 saturated carbocycles. The highest BCUT2D eigenvalue weighted by molar-refractivity contribution is 7.89. The van der Waals surface area contributed by atoms with Crippen LogP contribution in [0.3, 0.4) is 0 Å². The van der Waals surface area contributed by atoms with Crippen LogP contribution >= 0.6 is 0 Å². The Kier molecular flexibility index (Phi) is 7.09. The fourth-order valence-corrected chi connectivity index (χ4v) is 5.77. The second-order valence-corrected chi connectivity index (χ2v) is 10.0. The highest BCUT2D eigenvalue weighted by Gasteiger charge is 2.51. The molecule has 176 valence electrons. The van der Waals surface area contributed by atoms with Crippen molar-refractivity contribution in [2.24, 2.45) is 0 Å². The summed E-state index contributed by atoms with van der Waals surface area (Å²) in [5.41, 5.74) is -0.902. The van der Waals surface area contributed by atoms with E-state index in [1.165, 1.54) is 22.5 Å². The number of carbonyl (C=O) groups excluding carboxylic acids is 3. The van der Waals surface area contributed by atoms with Crippen LogP contribution in [0.2, 0.25) is 0 Å². The molecule has 1 aliphatic heterocycles. The molecule has 1 saturated heterocycles. The Morgan fingerprint density at radius 3 is 2.47 bits per heavy atom. The minimum atomic E-state index is -3.77. The molecule has 11 heteroatoms. The summed E-state index contributed by atoms with van der Waals surface area (Å²) in [6, 6.07) is 3.18. The molecule has 4 amide bonds. The van der Waals surface area contributed by atoms with Crippen LogP contribution in [0.15, 0.2) is 23.1 Å². The SMILES string of the molecule is CCN(CC)S(=O)(=O)c1ccc(O)c(NC(=O)CCN2C(=O)NC3(CCCCC3)C2=O)c1. The molecule has 2 aliphatic rings. The summed E-state index contributed by atoms with van der Waals surface area (Å²) in [7, 11) is -3.77. The number of urea groups is 1. The molecule has 0 aromatic heterocycles. The van der Waals surface area contributed by atoms with Gasteiger partial charge in [-0.15, -0.1) is 0 Å². The molecule has 10 nitrogen and oxygen atoms in total. The van der Waals surface area contributed by atoms with Crippen molar-refractivity contribution in [2.75, 3.05) is 25.0 Å². The van der Waals surface area contributed by atoms with Gasteiger partial charge < -0.3 is 15.7 Å². The van der Waals surface area contributed by atoms with Crippen LogP contribution in [0, 0.1) is 0 Å². The van der Waals surface area contributed by atoms with Crippen molar-refractivity contribution in [1.29, 1.82) is 0 Å². The lowest BCUT2D eigenvalue weighted by molar-refractivity contribution is -0.132. The van der Waals surface area contributed by atoms with E-state index in [0.29, 0.717) is 12.8 Å². The van der Waals surface area contributed by atoms with E-state index in [1.54, 1.807) is 13.8 Å². The first-order chi connectivity index (χ1) is 15.1. The van der Waals surface area contributed by atoms with Gasteiger partial charge in [0.1, 0.15) is 11.3 Å². The van der Waals surface area contributed by atoms with Crippen molar-refractivity contribution in [2.45, 2.75) is 62.8 Å². The average Bonchev–Trinajstić information content (AvgIpc) is 2.98. The van der Waals surface area contributed by atoms with Crippen LogP contribution in [0.1, 0.15) is 52.4 Å². The molecule has 1 aliphatic carbocycles. The molecule has 1 spiro atoms. The van der Waals surface area contributed by atoms with Gasteiger partial charge in [-0.1, -0.05) is 33.1 Å². The quantitative estimate of drug-likeness (QED) is 0.396. The summed E-state index contributed by atoms with van der Waals surface area (Å²) < 4.78 is 26.7. The molecular formula is C21H30N4O6S. The zero-order valence-electron chi connectivity index (χ0n) is 18.4. The molecule has 0 bridgehead atoms. The van der Waals surface area contributed by atoms with Gasteiger partial charge in [-0.05, 0) is 31.0 Å². The standard InChI is InChI=1S/C21H30N4O6S/c1-3-24(4-2)32(30,31)15-8-9-17(26)16(14-15)22-18(27)10-13-25-19(28)21(23-20(25)29)11-6-5-7-12-21/h8-9,14,26H,3-7,10-13H2,1-2H3,(H,22,27)(H,23,29). The zero-order valence-corrected chi connectivity index (χ0v) is 19.2. The summed E-state index contributed by atoms with van der Waals surface area (Å²) in [6.45, 7) is 3.91. The zero-order chi connectivity index (χ0) is 23.5. The fourth-order valence-electron chi connectivity index (χ4n) is 4.29. The number of amides is 4. The van der Waals surface area contributed by atoms with Gasteiger partial charge in [-0.25, -0.2) is 13.2 Å². The first-order valence-electron chi connectivity index (χ1n) is 10.9. The molecule has 0 unspecified atom stereocenters. The lowest BCUT2D eigenvalue weighted by Crippen LogP contribution is -2.48. The third kappa shape index (κ3) is 4.58. The number of phenols is 1. The third-order valence-electron chi connectivity index (χ3n) is 6.10. The predicted molar refractivity (Wildman–Crippen MR) is 118 cm³/mol. The molecule has 0 atom stereocenters. The molecule has 1 heterocycles. The number of hydrogen-bond acceptors (Lipinski definition) is 6. The van der Waals surface area contributed by atoms with E-state index in [1.807, 2.05) is 0 Å². The van der Waals surface area contributed by atoms with Crippen molar-refractivity contribution in [3.63, 3.8) is 0 Å². The first-order valence-corrected chi connectivity index (χ1v) is 12.4. The topological polar surface area (TPSA) is 136 Å². The largest absolute Gasteiger partial charge is 0.506 e. The number of nitrogens with one attached hydrogen (secondary N) is 2. The van der Waals surface area contributed by atoms with Crippen molar-refractivity contribution < 1.29 is 27.9 Å². The van der Waals surface area contributed by atoms with E-state index in [4.69, 9.17) is 0 Å². The highest BCUT2D eigenvalue weighted by Crippen LogP contribution is 2.34. The van der Waals surface area contributed by atoms with E-state index in [0.717, 1.165) is 24.2 Å². The molecule has 3 N–H and O–H groups in total. The monoisotopic (exact) mass is 466 g/mol. The number of carbonyl (C=O) groups is 3. The number of anilines is 1. The van der Waals surface area contributed by atoms with Gasteiger partial charge in [-0.2, -0.15) is 4.31 Å². The summed E-state index contributed by atoms with van der Waals surface area (Å²) in [5, 5.41) is 15.4. The van der Waals surface area contributed by atoms with Crippen molar-refractivity contribution >= 4 is 33.6 Å². The summed E-state index contributed by atoms with van der Waals surface area (Å²) >= 11 is 0. The minimum absolute atomic E-state index is 0.0517. The van der Waals surface area contributed by atoms with Crippen LogP contribution in [0.25, 0.3) is 0 Å². The fraction of sp³-hybridized carbons (Fsp3) is 0.571. The molecule has 2 fully saturated rings. The summed E-state index contributed by atoms with van der Waals surface area (Å²) in [5.74, 6) is -1.14. The number of rotatable bonds is 8. The molecule has 32 heavy (non-hydrogen) atoms. The maximum atomic E-state index is 12.8. The Morgan fingerprint density at radius 2 is 1.84 bits per heavy atom. The number of imide groups is 1. The Balaban J connectivity index is 1.66. The second-order valence-electron chi connectivity index (χ2n) is 8.10. The van der Waals surface area contributed by atoms with Crippen LogP contribution in [0.5, 0.6) is 5.75 Å². The second kappa shape index (κ2) is 9.45. The van der Waals surface area contributed by atoms with Crippen LogP contribution in [-0.4, -0.2) is 65.7 Å². The Bertz CT molecular complexity index is 1000. The molecule has 1 aromatic rings. The average molecular weight is 467 g/mol. The van der Waals surface area contributed by atoms with E-state index in [2.05, 4.69) is 10.6 Å². The third-order valence-corrected chi connectivity index (χ3v) is 8.15. The normalized spacial score (nSPS) is 18.3. The predicted octanol–water partition coefficient (Wildman–Crippen LogP) is 2.01. The number of benzene rings is 1. The van der Waals surface area contributed by atoms with Gasteiger partial charge in [-0.3, -0.25) is 14.5 Å². The number of aromatic hydroxyl groups is 1. The molecular weight excluding hydrogens is 436 g/mol. The summed E-state index contributed by atoms with van der Waals surface area (Å²) in [4.78, 5) is 38.6. The van der Waals surface area contributed by atoms with Gasteiger partial charge in [0.25, 0.3) is 5.91 Å². The number of phenolic OH excluding ortho intramolecular Hbond substituents is 1. The maximum absolute atomic E-state index is 12.8. The van der Waals surface area contributed by atoms with E-state index < -0.39 is 27.5 Å². The van der Waals surface area contributed by atoms with Crippen molar-refractivity contribution in [1.82, 2.24) is 14.5 Å². The number of sulfonamides is 1. The van der Waals surface area contributed by atoms with Gasteiger partial charge in [0, 0.05) is 26.1 Å². The van der Waals surface area contributed by atoms with E-state index >= 15 is 0 Å². The Labute approximate surface area is 188 Å². The van der Waals surface area contributed by atoms with Gasteiger partial charge in [0.2, 0.25) is 15.9 Å². The highest BCUT2D eigenvalue weighted by atomic mass is 32.2. The summed E-state index contributed by atoms with van der Waals surface area (Å²) in [6.07, 6.45) is 3.78. The van der Waals surface area contributed by atoms with Crippen LogP contribution in [0.4, 0.5) is 10.5 Å². The number of hydrogen-bond donors (Lipinski definition) is 3. The van der Waals surface area contributed by atoms with E-state index in [9.17, 15) is 27.9 Å². The van der Waals surface area contributed by atoms with Gasteiger partial charge >= 0.3 is 6.03 Å². The van der Waals surface area contributed by atoms with Crippen molar-refractivity contribution in [3.05, 3.63) is 18.2 Å². The maximum Gasteiger partial charge on any atom is 0.325 e. The van der Waals surface area contributed by atoms with E-state index in [-0.39, 0.29) is 48.3 Å². The Morgan fingerprint density at radius 1 is 1.19 bits per heavy atom. The number of nitrogens with zero attached hydrogens (tertiary/aromatic N) is 2. The van der Waals surface area contributed by atoms with Crippen LogP contribution in [-0.2, 0) is 19.6 Å². The smallest absolute Gasteiger partial charge is 0.325 e. The molecule has 0 radical (unpaired) electrons. The Hall–Kier alpha value is -2.66.